The Morgan fingerprint density at radius 3 is 2.90 bits per heavy atom. The van der Waals surface area contributed by atoms with Crippen LogP contribution in [-0.2, 0) is 6.42 Å². The maximum atomic E-state index is 11.3. The smallest absolute Gasteiger partial charge is 0.319 e. The Hall–Kier alpha value is -1.70. The number of thiazole rings is 1. The fourth-order valence-electron chi connectivity index (χ4n) is 2.05. The van der Waals surface area contributed by atoms with Gasteiger partial charge in [-0.25, -0.2) is 4.98 Å². The first kappa shape index (κ1) is 14.2. The molecule has 108 valence electrons. The first-order valence-electron chi connectivity index (χ1n) is 6.14. The Labute approximate surface area is 133 Å². The highest BCUT2D eigenvalue weighted by Crippen LogP contribution is 2.34. The molecule has 0 bridgehead atoms. The molecule has 3 aromatic rings. The Kier molecular flexibility index (Phi) is 4.05. The average Bonchev–Trinajstić information content (AvgIpc) is 3.06. The van der Waals surface area contributed by atoms with E-state index in [4.69, 9.17) is 11.6 Å². The highest BCUT2D eigenvalue weighted by molar-refractivity contribution is 7.17. The van der Waals surface area contributed by atoms with Crippen molar-refractivity contribution in [3.05, 3.63) is 49.1 Å². The standard InChI is InChI=1S/C13H10ClN3O2S2/c14-11-4-1-8(21-11)5-6-15-9-2-3-10-12(16-7-20-10)13(9)17(18)19/h1-4,7,15H,5-6H2. The van der Waals surface area contributed by atoms with E-state index >= 15 is 0 Å². The predicted molar refractivity (Wildman–Crippen MR) is 87.8 cm³/mol. The first-order valence-corrected chi connectivity index (χ1v) is 8.21. The second kappa shape index (κ2) is 5.97. The number of nitro groups is 1. The van der Waals surface area contributed by atoms with Crippen LogP contribution in [0.4, 0.5) is 11.4 Å². The van der Waals surface area contributed by atoms with E-state index in [1.165, 1.54) is 22.7 Å². The summed E-state index contributed by atoms with van der Waals surface area (Å²) in [6.07, 6.45) is 0.768. The second-order valence-corrected chi connectivity index (χ2v) is 6.99. The molecule has 0 spiro atoms. The van der Waals surface area contributed by atoms with Crippen molar-refractivity contribution in [2.75, 3.05) is 11.9 Å². The van der Waals surface area contributed by atoms with Crippen molar-refractivity contribution in [1.82, 2.24) is 4.98 Å². The van der Waals surface area contributed by atoms with E-state index in [2.05, 4.69) is 10.3 Å². The van der Waals surface area contributed by atoms with Gasteiger partial charge in [-0.05, 0) is 30.7 Å². The van der Waals surface area contributed by atoms with Crippen LogP contribution in [0, 0.1) is 10.1 Å². The van der Waals surface area contributed by atoms with Gasteiger partial charge in [0.15, 0.2) is 5.52 Å². The van der Waals surface area contributed by atoms with E-state index in [-0.39, 0.29) is 10.6 Å². The van der Waals surface area contributed by atoms with Crippen LogP contribution in [0.3, 0.4) is 0 Å². The van der Waals surface area contributed by atoms with Gasteiger partial charge < -0.3 is 5.32 Å². The zero-order valence-electron chi connectivity index (χ0n) is 10.7. The summed E-state index contributed by atoms with van der Waals surface area (Å²) in [7, 11) is 0. The molecule has 0 aliphatic rings. The van der Waals surface area contributed by atoms with Crippen molar-refractivity contribution in [3.8, 4) is 0 Å². The van der Waals surface area contributed by atoms with Crippen molar-refractivity contribution in [1.29, 1.82) is 0 Å². The Balaban J connectivity index is 1.80. The summed E-state index contributed by atoms with van der Waals surface area (Å²) >= 11 is 8.79. The molecule has 2 aromatic heterocycles. The SMILES string of the molecule is O=[N+]([O-])c1c(NCCc2ccc(Cl)s2)ccc2scnc12. The molecule has 0 fully saturated rings. The summed E-state index contributed by atoms with van der Waals surface area (Å²) in [5.41, 5.74) is 2.60. The fraction of sp³-hybridized carbons (Fsp3) is 0.154. The lowest BCUT2D eigenvalue weighted by Crippen LogP contribution is -2.06. The predicted octanol–water partition coefficient (Wildman–Crippen LogP) is 4.57. The molecule has 5 nitrogen and oxygen atoms in total. The van der Waals surface area contributed by atoms with Gasteiger partial charge in [0.2, 0.25) is 0 Å². The molecule has 1 N–H and O–H groups in total. The van der Waals surface area contributed by atoms with E-state index in [1.807, 2.05) is 18.2 Å². The molecular weight excluding hydrogens is 330 g/mol. The number of nitrogens with zero attached hydrogens (tertiary/aromatic N) is 2. The Morgan fingerprint density at radius 1 is 1.33 bits per heavy atom. The molecule has 2 heterocycles. The van der Waals surface area contributed by atoms with Gasteiger partial charge in [-0.3, -0.25) is 10.1 Å². The minimum atomic E-state index is -0.383. The number of aromatic nitrogens is 1. The normalized spacial score (nSPS) is 10.9. The van der Waals surface area contributed by atoms with Crippen LogP contribution < -0.4 is 5.32 Å². The number of benzene rings is 1. The Bertz CT molecular complexity index is 800. The third-order valence-electron chi connectivity index (χ3n) is 2.97. The number of rotatable bonds is 5. The van der Waals surface area contributed by atoms with Crippen LogP contribution >= 0.6 is 34.3 Å². The van der Waals surface area contributed by atoms with Gasteiger partial charge in [0.05, 0.1) is 19.5 Å². The molecule has 0 atom stereocenters. The maximum Gasteiger partial charge on any atom is 0.319 e. The monoisotopic (exact) mass is 339 g/mol. The van der Waals surface area contributed by atoms with Crippen molar-refractivity contribution in [2.24, 2.45) is 0 Å². The number of halogens is 1. The molecule has 0 saturated carbocycles. The zero-order valence-corrected chi connectivity index (χ0v) is 13.1. The van der Waals surface area contributed by atoms with Crippen molar-refractivity contribution in [3.63, 3.8) is 0 Å². The van der Waals surface area contributed by atoms with Crippen LogP contribution in [0.1, 0.15) is 4.88 Å². The highest BCUT2D eigenvalue weighted by Gasteiger charge is 2.20. The maximum absolute atomic E-state index is 11.3. The van der Waals surface area contributed by atoms with Gasteiger partial charge in [0.1, 0.15) is 5.69 Å². The molecule has 0 aliphatic heterocycles. The van der Waals surface area contributed by atoms with Gasteiger partial charge in [0.25, 0.3) is 0 Å². The second-order valence-electron chi connectivity index (χ2n) is 4.30. The van der Waals surface area contributed by atoms with Gasteiger partial charge in [-0.2, -0.15) is 0 Å². The van der Waals surface area contributed by atoms with E-state index in [0.717, 1.165) is 20.3 Å². The summed E-state index contributed by atoms with van der Waals surface area (Å²) in [4.78, 5) is 16.1. The topological polar surface area (TPSA) is 68.1 Å². The minimum absolute atomic E-state index is 0.0398. The fourth-order valence-corrected chi connectivity index (χ4v) is 3.82. The minimum Gasteiger partial charge on any atom is -0.379 e. The molecular formula is C13H10ClN3O2S2. The van der Waals surface area contributed by atoms with E-state index in [1.54, 1.807) is 11.6 Å². The third kappa shape index (κ3) is 2.99. The van der Waals surface area contributed by atoms with E-state index in [9.17, 15) is 10.1 Å². The van der Waals surface area contributed by atoms with Crippen LogP contribution in [0.2, 0.25) is 4.34 Å². The summed E-state index contributed by atoms with van der Waals surface area (Å²) in [6, 6.07) is 7.41. The van der Waals surface area contributed by atoms with Crippen LogP contribution in [0.25, 0.3) is 10.2 Å². The molecule has 8 heteroatoms. The largest absolute Gasteiger partial charge is 0.379 e. The summed E-state index contributed by atoms with van der Waals surface area (Å²) in [6.45, 7) is 0.604. The van der Waals surface area contributed by atoms with Gasteiger partial charge in [0, 0.05) is 11.4 Å². The van der Waals surface area contributed by atoms with Gasteiger partial charge in [-0.1, -0.05) is 11.6 Å². The van der Waals surface area contributed by atoms with E-state index < -0.39 is 0 Å². The Morgan fingerprint density at radius 2 is 2.19 bits per heavy atom. The number of thiophene rings is 1. The summed E-state index contributed by atoms with van der Waals surface area (Å²) < 4.78 is 1.57. The molecule has 0 unspecified atom stereocenters. The number of hydrogen-bond acceptors (Lipinski definition) is 6. The van der Waals surface area contributed by atoms with Crippen LogP contribution in [0.15, 0.2) is 29.8 Å². The van der Waals surface area contributed by atoms with Crippen LogP contribution in [0.5, 0.6) is 0 Å². The molecule has 1 aromatic carbocycles. The molecule has 0 aliphatic carbocycles. The van der Waals surface area contributed by atoms with Crippen molar-refractivity contribution < 1.29 is 4.92 Å². The molecule has 0 radical (unpaired) electrons. The zero-order chi connectivity index (χ0) is 14.8. The molecule has 21 heavy (non-hydrogen) atoms. The number of anilines is 1. The van der Waals surface area contributed by atoms with Gasteiger partial charge in [-0.15, -0.1) is 22.7 Å². The molecule has 0 saturated heterocycles. The number of hydrogen-bond donors (Lipinski definition) is 1. The number of fused-ring (bicyclic) bond motifs is 1. The third-order valence-corrected chi connectivity index (χ3v) is 5.06. The summed E-state index contributed by atoms with van der Waals surface area (Å²) in [5, 5.41) is 14.4. The molecule has 3 rings (SSSR count). The lowest BCUT2D eigenvalue weighted by atomic mass is 10.2. The quantitative estimate of drug-likeness (QED) is 0.546. The van der Waals surface area contributed by atoms with E-state index in [0.29, 0.717) is 17.7 Å². The van der Waals surface area contributed by atoms with Crippen LogP contribution in [-0.4, -0.2) is 16.5 Å². The van der Waals surface area contributed by atoms with Crippen molar-refractivity contribution in [2.45, 2.75) is 6.42 Å². The number of nitro benzene ring substituents is 1. The molecule has 0 amide bonds. The summed E-state index contributed by atoms with van der Waals surface area (Å²) in [5.74, 6) is 0. The van der Waals surface area contributed by atoms with Gasteiger partial charge >= 0.3 is 5.69 Å². The number of nitrogens with one attached hydrogen (secondary N) is 1. The highest BCUT2D eigenvalue weighted by atomic mass is 35.5. The lowest BCUT2D eigenvalue weighted by Gasteiger charge is -2.06. The lowest BCUT2D eigenvalue weighted by molar-refractivity contribution is -0.382. The first-order chi connectivity index (χ1) is 10.1. The average molecular weight is 340 g/mol. The van der Waals surface area contributed by atoms with Crippen molar-refractivity contribution >= 4 is 55.9 Å².